The number of nitrogens with one attached hydrogen (secondary N) is 1. The molecule has 0 saturated heterocycles. The van der Waals surface area contributed by atoms with Crippen LogP contribution in [-0.2, 0) is 19.4 Å². The number of nitrogens with zero attached hydrogens (tertiary/aromatic N) is 1. The van der Waals surface area contributed by atoms with Crippen molar-refractivity contribution in [3.8, 4) is 5.75 Å². The monoisotopic (exact) mass is 312 g/mol. The van der Waals surface area contributed by atoms with Gasteiger partial charge in [-0.15, -0.1) is 11.3 Å². The van der Waals surface area contributed by atoms with Crippen molar-refractivity contribution in [2.24, 2.45) is 0 Å². The van der Waals surface area contributed by atoms with Crippen LogP contribution in [0, 0.1) is 0 Å². The molecule has 3 aromatic rings. The lowest BCUT2D eigenvalue weighted by molar-refractivity contribution is 0.296. The van der Waals surface area contributed by atoms with E-state index in [1.165, 1.54) is 16.9 Å². The molecular formula is C17H16N2O2S. The average molecular weight is 312 g/mol. The summed E-state index contributed by atoms with van der Waals surface area (Å²) in [6, 6.07) is 9.56. The van der Waals surface area contributed by atoms with Crippen molar-refractivity contribution in [1.82, 2.24) is 9.97 Å². The van der Waals surface area contributed by atoms with Gasteiger partial charge in [-0.2, -0.15) is 0 Å². The van der Waals surface area contributed by atoms with Gasteiger partial charge in [0.2, 0.25) is 0 Å². The number of aromatic amines is 1. The molecule has 2 aromatic heterocycles. The van der Waals surface area contributed by atoms with Gasteiger partial charge in [0.25, 0.3) is 5.56 Å². The average Bonchev–Trinajstić information content (AvgIpc) is 2.92. The van der Waals surface area contributed by atoms with E-state index < -0.39 is 0 Å². The van der Waals surface area contributed by atoms with E-state index >= 15 is 0 Å². The van der Waals surface area contributed by atoms with Crippen LogP contribution in [0.2, 0.25) is 0 Å². The zero-order chi connectivity index (χ0) is 14.9. The highest BCUT2D eigenvalue weighted by Crippen LogP contribution is 2.33. The molecular weight excluding hydrogens is 296 g/mol. The summed E-state index contributed by atoms with van der Waals surface area (Å²) in [6.07, 6.45) is 4.45. The third kappa shape index (κ3) is 2.41. The highest BCUT2D eigenvalue weighted by Gasteiger charge is 2.19. The summed E-state index contributed by atoms with van der Waals surface area (Å²) in [4.78, 5) is 22.0. The highest BCUT2D eigenvalue weighted by atomic mass is 32.1. The Morgan fingerprint density at radius 1 is 1.18 bits per heavy atom. The van der Waals surface area contributed by atoms with Crippen LogP contribution in [0.15, 0.2) is 35.1 Å². The maximum atomic E-state index is 12.4. The fourth-order valence-corrected chi connectivity index (χ4v) is 4.23. The number of benzene rings is 1. The molecule has 22 heavy (non-hydrogen) atoms. The van der Waals surface area contributed by atoms with Gasteiger partial charge < -0.3 is 9.72 Å². The van der Waals surface area contributed by atoms with Gasteiger partial charge in [0.1, 0.15) is 23.0 Å². The molecule has 0 amide bonds. The Morgan fingerprint density at radius 2 is 2.00 bits per heavy atom. The first-order valence-corrected chi connectivity index (χ1v) is 8.34. The van der Waals surface area contributed by atoms with Crippen LogP contribution >= 0.6 is 11.3 Å². The van der Waals surface area contributed by atoms with Crippen LogP contribution in [-0.4, -0.2) is 9.97 Å². The molecule has 1 N–H and O–H groups in total. The SMILES string of the molecule is O=c1[nH]c(COc2ccccc2)nc2sc3c(c12)CCCC3. The molecule has 0 unspecified atom stereocenters. The Hall–Kier alpha value is -2.14. The summed E-state index contributed by atoms with van der Waals surface area (Å²) in [5.41, 5.74) is 1.19. The van der Waals surface area contributed by atoms with E-state index in [0.717, 1.165) is 35.2 Å². The molecule has 0 fully saturated rings. The van der Waals surface area contributed by atoms with Crippen LogP contribution in [0.3, 0.4) is 0 Å². The van der Waals surface area contributed by atoms with Gasteiger partial charge in [-0.1, -0.05) is 18.2 Å². The number of H-pyrrole nitrogens is 1. The van der Waals surface area contributed by atoms with Gasteiger partial charge in [0.15, 0.2) is 0 Å². The number of aromatic nitrogens is 2. The van der Waals surface area contributed by atoms with Crippen molar-refractivity contribution in [1.29, 1.82) is 0 Å². The van der Waals surface area contributed by atoms with Crippen molar-refractivity contribution in [2.75, 3.05) is 0 Å². The Bertz CT molecular complexity index is 867. The summed E-state index contributed by atoms with van der Waals surface area (Å²) in [5, 5.41) is 0.795. The molecule has 0 radical (unpaired) electrons. The third-order valence-corrected chi connectivity index (χ3v) is 5.18. The number of fused-ring (bicyclic) bond motifs is 3. The topological polar surface area (TPSA) is 55.0 Å². The number of ether oxygens (including phenoxy) is 1. The summed E-state index contributed by atoms with van der Waals surface area (Å²) < 4.78 is 5.67. The first kappa shape index (κ1) is 13.5. The van der Waals surface area contributed by atoms with E-state index in [1.807, 2.05) is 30.3 Å². The maximum absolute atomic E-state index is 12.4. The molecule has 1 aliphatic carbocycles. The summed E-state index contributed by atoms with van der Waals surface area (Å²) in [5.74, 6) is 1.36. The molecule has 2 heterocycles. The molecule has 1 aliphatic rings. The minimum absolute atomic E-state index is 0.0314. The second-order valence-corrected chi connectivity index (χ2v) is 6.59. The quantitative estimate of drug-likeness (QED) is 0.806. The van der Waals surface area contributed by atoms with E-state index in [9.17, 15) is 4.79 Å². The summed E-state index contributed by atoms with van der Waals surface area (Å²) >= 11 is 1.66. The van der Waals surface area contributed by atoms with Crippen LogP contribution in [0.4, 0.5) is 0 Å². The van der Waals surface area contributed by atoms with Gasteiger partial charge in [0.05, 0.1) is 5.39 Å². The number of aryl methyl sites for hydroxylation is 2. The molecule has 4 nitrogen and oxygen atoms in total. The molecule has 5 heteroatoms. The Labute approximate surface area is 131 Å². The van der Waals surface area contributed by atoms with E-state index in [2.05, 4.69) is 9.97 Å². The second kappa shape index (κ2) is 5.57. The first-order chi connectivity index (χ1) is 10.8. The predicted molar refractivity (Wildman–Crippen MR) is 87.7 cm³/mol. The van der Waals surface area contributed by atoms with E-state index in [4.69, 9.17) is 4.74 Å². The standard InChI is InChI=1S/C17H16N2O2S/c20-16-15-12-8-4-5-9-13(12)22-17(15)19-14(18-16)10-21-11-6-2-1-3-7-11/h1-3,6-7H,4-5,8-10H2,(H,18,19,20). The Kier molecular flexibility index (Phi) is 3.42. The Morgan fingerprint density at radius 3 is 2.86 bits per heavy atom. The number of hydrogen-bond acceptors (Lipinski definition) is 4. The third-order valence-electron chi connectivity index (χ3n) is 3.99. The summed E-state index contributed by atoms with van der Waals surface area (Å²) in [7, 11) is 0. The number of para-hydroxylation sites is 1. The van der Waals surface area contributed by atoms with E-state index in [-0.39, 0.29) is 12.2 Å². The number of hydrogen-bond donors (Lipinski definition) is 1. The van der Waals surface area contributed by atoms with Crippen molar-refractivity contribution >= 4 is 21.6 Å². The van der Waals surface area contributed by atoms with Crippen LogP contribution in [0.5, 0.6) is 5.75 Å². The molecule has 0 spiro atoms. The number of rotatable bonds is 3. The molecule has 0 aliphatic heterocycles. The highest BCUT2D eigenvalue weighted by molar-refractivity contribution is 7.18. The van der Waals surface area contributed by atoms with Crippen LogP contribution in [0.1, 0.15) is 29.1 Å². The van der Waals surface area contributed by atoms with Crippen LogP contribution in [0.25, 0.3) is 10.2 Å². The van der Waals surface area contributed by atoms with Crippen molar-refractivity contribution in [3.05, 3.63) is 57.0 Å². The van der Waals surface area contributed by atoms with Gasteiger partial charge in [-0.05, 0) is 43.4 Å². The lowest BCUT2D eigenvalue weighted by Crippen LogP contribution is -2.14. The zero-order valence-corrected chi connectivity index (χ0v) is 12.9. The molecule has 0 saturated carbocycles. The lowest BCUT2D eigenvalue weighted by atomic mass is 9.97. The van der Waals surface area contributed by atoms with Gasteiger partial charge in [0, 0.05) is 4.88 Å². The van der Waals surface area contributed by atoms with Crippen molar-refractivity contribution in [3.63, 3.8) is 0 Å². The summed E-state index contributed by atoms with van der Waals surface area (Å²) in [6.45, 7) is 0.276. The normalized spacial score (nSPS) is 14.0. The van der Waals surface area contributed by atoms with E-state index in [0.29, 0.717) is 5.82 Å². The van der Waals surface area contributed by atoms with Gasteiger partial charge in [-0.25, -0.2) is 4.98 Å². The fraction of sp³-hybridized carbons (Fsp3) is 0.294. The zero-order valence-electron chi connectivity index (χ0n) is 12.1. The maximum Gasteiger partial charge on any atom is 0.260 e. The molecule has 0 atom stereocenters. The van der Waals surface area contributed by atoms with E-state index in [1.54, 1.807) is 11.3 Å². The molecule has 4 rings (SSSR count). The Balaban J connectivity index is 1.67. The smallest absolute Gasteiger partial charge is 0.260 e. The van der Waals surface area contributed by atoms with Crippen molar-refractivity contribution in [2.45, 2.75) is 32.3 Å². The van der Waals surface area contributed by atoms with Crippen LogP contribution < -0.4 is 10.3 Å². The van der Waals surface area contributed by atoms with Crippen molar-refractivity contribution < 1.29 is 4.74 Å². The van der Waals surface area contributed by atoms with Gasteiger partial charge >= 0.3 is 0 Å². The largest absolute Gasteiger partial charge is 0.486 e. The molecule has 1 aromatic carbocycles. The lowest BCUT2D eigenvalue weighted by Gasteiger charge is -2.09. The van der Waals surface area contributed by atoms with Gasteiger partial charge in [-0.3, -0.25) is 4.79 Å². The minimum Gasteiger partial charge on any atom is -0.486 e. The fourth-order valence-electron chi connectivity index (χ4n) is 2.95. The first-order valence-electron chi connectivity index (χ1n) is 7.52. The molecule has 112 valence electrons. The minimum atomic E-state index is -0.0314. The number of thiophene rings is 1. The second-order valence-electron chi connectivity index (χ2n) is 5.51. The predicted octanol–water partition coefficient (Wildman–Crippen LogP) is 3.44. The molecule has 0 bridgehead atoms.